The quantitative estimate of drug-likeness (QED) is 0.362. The van der Waals surface area contributed by atoms with Gasteiger partial charge in [-0.2, -0.15) is 13.2 Å². The van der Waals surface area contributed by atoms with Gasteiger partial charge in [0.2, 0.25) is 0 Å². The number of aromatic nitrogens is 1. The Bertz CT molecular complexity index is 1470. The van der Waals surface area contributed by atoms with E-state index in [-0.39, 0.29) is 12.6 Å². The van der Waals surface area contributed by atoms with Crippen molar-refractivity contribution in [3.8, 4) is 11.3 Å². The van der Waals surface area contributed by atoms with E-state index in [0.29, 0.717) is 35.7 Å². The molecule has 3 amide bonds. The van der Waals surface area contributed by atoms with Crippen LogP contribution in [-0.4, -0.2) is 41.3 Å². The van der Waals surface area contributed by atoms with Gasteiger partial charge in [0.1, 0.15) is 5.60 Å². The molecule has 11 heteroatoms. The van der Waals surface area contributed by atoms with Gasteiger partial charge >= 0.3 is 18.3 Å². The van der Waals surface area contributed by atoms with Gasteiger partial charge in [-0.3, -0.25) is 4.90 Å². The fourth-order valence-electron chi connectivity index (χ4n) is 5.17. The van der Waals surface area contributed by atoms with E-state index in [9.17, 15) is 22.8 Å². The second-order valence-corrected chi connectivity index (χ2v) is 11.6. The highest BCUT2D eigenvalue weighted by atomic mass is 19.4. The number of halogens is 3. The molecular weight excluding hydrogens is 535 g/mol. The average molecular weight is 568 g/mol. The molecule has 5 rings (SSSR count). The number of urea groups is 1. The van der Waals surface area contributed by atoms with E-state index < -0.39 is 29.0 Å². The van der Waals surface area contributed by atoms with Crippen LogP contribution in [0.15, 0.2) is 60.7 Å². The third-order valence-electron chi connectivity index (χ3n) is 7.13. The Morgan fingerprint density at radius 3 is 2.46 bits per heavy atom. The smallest absolute Gasteiger partial charge is 0.416 e. The number of hydrogen-bond donors (Lipinski definition) is 2. The number of hydrogen-bond acceptors (Lipinski definition) is 5. The van der Waals surface area contributed by atoms with Crippen molar-refractivity contribution in [3.05, 3.63) is 71.8 Å². The lowest BCUT2D eigenvalue weighted by Crippen LogP contribution is -2.56. The number of fused-ring (bicyclic) bond motifs is 4. The van der Waals surface area contributed by atoms with Crippen LogP contribution in [0.1, 0.15) is 45.2 Å². The lowest BCUT2D eigenvalue weighted by atomic mass is 9.97. The average Bonchev–Trinajstić information content (AvgIpc) is 3.24. The summed E-state index contributed by atoms with van der Waals surface area (Å²) in [5.41, 5.74) is 0.893. The van der Waals surface area contributed by atoms with Gasteiger partial charge in [0, 0.05) is 30.9 Å². The summed E-state index contributed by atoms with van der Waals surface area (Å²) in [6, 6.07) is 15.2. The highest BCUT2D eigenvalue weighted by molar-refractivity contribution is 6.05. The molecule has 2 aliphatic rings. The van der Waals surface area contributed by atoms with Gasteiger partial charge in [-0.1, -0.05) is 24.3 Å². The van der Waals surface area contributed by atoms with Crippen LogP contribution in [0, 0.1) is 0 Å². The summed E-state index contributed by atoms with van der Waals surface area (Å²) in [5, 5.41) is 5.64. The number of pyridine rings is 1. The highest BCUT2D eigenvalue weighted by Crippen LogP contribution is 2.45. The van der Waals surface area contributed by atoms with Crippen LogP contribution in [0.2, 0.25) is 0 Å². The fourth-order valence-corrected chi connectivity index (χ4v) is 5.17. The Hall–Kier alpha value is -4.28. The molecule has 0 saturated carbocycles. The molecule has 41 heavy (non-hydrogen) atoms. The second-order valence-electron chi connectivity index (χ2n) is 11.6. The van der Waals surface area contributed by atoms with Gasteiger partial charge in [-0.15, -0.1) is 0 Å². The Labute approximate surface area is 236 Å². The lowest BCUT2D eigenvalue weighted by molar-refractivity contribution is -0.137. The van der Waals surface area contributed by atoms with Crippen molar-refractivity contribution in [3.63, 3.8) is 0 Å². The summed E-state index contributed by atoms with van der Waals surface area (Å²) in [6.45, 7) is 8.96. The predicted octanol–water partition coefficient (Wildman–Crippen LogP) is 6.81. The first kappa shape index (κ1) is 28.3. The number of alkyl halides is 3. The van der Waals surface area contributed by atoms with Gasteiger partial charge in [0.05, 0.1) is 22.5 Å². The Balaban J connectivity index is 1.37. The minimum atomic E-state index is -4.48. The number of nitrogens with one attached hydrogen (secondary N) is 2. The first-order valence-corrected chi connectivity index (χ1v) is 13.3. The zero-order chi connectivity index (χ0) is 29.6. The minimum absolute atomic E-state index is 0.263. The van der Waals surface area contributed by atoms with Crippen molar-refractivity contribution >= 4 is 29.3 Å². The lowest BCUT2D eigenvalue weighted by Gasteiger charge is -2.42. The van der Waals surface area contributed by atoms with E-state index in [4.69, 9.17) is 9.72 Å². The number of rotatable bonds is 4. The van der Waals surface area contributed by atoms with Gasteiger partial charge in [-0.05, 0) is 76.1 Å². The van der Waals surface area contributed by atoms with E-state index in [1.54, 1.807) is 62.1 Å². The summed E-state index contributed by atoms with van der Waals surface area (Å²) in [4.78, 5) is 34.2. The molecule has 0 unspecified atom stereocenters. The molecule has 2 aromatic carbocycles. The zero-order valence-electron chi connectivity index (χ0n) is 23.3. The molecule has 216 valence electrons. The van der Waals surface area contributed by atoms with E-state index in [1.807, 2.05) is 13.0 Å². The van der Waals surface area contributed by atoms with Crippen LogP contribution in [-0.2, 0) is 17.5 Å². The molecule has 8 nitrogen and oxygen atoms in total. The van der Waals surface area contributed by atoms with Crippen molar-refractivity contribution in [1.29, 1.82) is 0 Å². The first-order valence-electron chi connectivity index (χ1n) is 13.3. The molecule has 0 spiro atoms. The summed E-state index contributed by atoms with van der Waals surface area (Å²) >= 11 is 0. The van der Waals surface area contributed by atoms with Gasteiger partial charge in [0.25, 0.3) is 0 Å². The maximum absolute atomic E-state index is 13.7. The summed E-state index contributed by atoms with van der Waals surface area (Å²) in [6.07, 6.45) is -4.28. The molecule has 2 aliphatic heterocycles. The van der Waals surface area contributed by atoms with E-state index in [0.717, 1.165) is 29.9 Å². The van der Waals surface area contributed by atoms with Crippen LogP contribution < -0.4 is 20.4 Å². The molecule has 0 aliphatic carbocycles. The Morgan fingerprint density at radius 2 is 1.78 bits per heavy atom. The highest BCUT2D eigenvalue weighted by Gasteiger charge is 2.49. The largest absolute Gasteiger partial charge is 0.444 e. The van der Waals surface area contributed by atoms with Crippen LogP contribution in [0.3, 0.4) is 0 Å². The molecule has 0 radical (unpaired) electrons. The van der Waals surface area contributed by atoms with Crippen LogP contribution >= 0.6 is 0 Å². The van der Waals surface area contributed by atoms with Crippen LogP contribution in [0.4, 0.5) is 40.0 Å². The normalized spacial score (nSPS) is 18.1. The topological polar surface area (TPSA) is 86.8 Å². The molecule has 3 aromatic rings. The number of carbonyl (C=O) groups excluding carboxylic acids is 2. The van der Waals surface area contributed by atoms with Crippen LogP contribution in [0.5, 0.6) is 0 Å². The van der Waals surface area contributed by atoms with E-state index in [2.05, 4.69) is 15.5 Å². The molecule has 2 N–H and O–H groups in total. The number of nitrogens with zero attached hydrogens (tertiary/aromatic N) is 3. The molecule has 1 saturated heterocycles. The third-order valence-corrected chi connectivity index (χ3v) is 7.13. The SMILES string of the molecule is CC(C)(C)OC(=O)NCc1ccc(NC(=O)N2c3nc(-c4cccc(C(F)(F)F)c4)ccc3N3CC[C@@]2(C)C3)cc1. The number of benzene rings is 2. The van der Waals surface area contributed by atoms with Gasteiger partial charge in [-0.25, -0.2) is 14.6 Å². The fraction of sp³-hybridized carbons (Fsp3) is 0.367. The summed E-state index contributed by atoms with van der Waals surface area (Å²) in [7, 11) is 0. The number of carbonyl (C=O) groups is 2. The second kappa shape index (κ2) is 10.3. The Morgan fingerprint density at radius 1 is 1.05 bits per heavy atom. The van der Waals surface area contributed by atoms with Crippen molar-refractivity contribution in [2.45, 2.75) is 58.0 Å². The molecule has 1 aromatic heterocycles. The minimum Gasteiger partial charge on any atom is -0.444 e. The number of anilines is 3. The molecule has 1 fully saturated rings. The maximum Gasteiger partial charge on any atom is 0.416 e. The zero-order valence-corrected chi connectivity index (χ0v) is 23.3. The first-order chi connectivity index (χ1) is 19.2. The van der Waals surface area contributed by atoms with Crippen molar-refractivity contribution in [2.24, 2.45) is 0 Å². The van der Waals surface area contributed by atoms with Crippen LogP contribution in [0.25, 0.3) is 11.3 Å². The molecule has 1 atom stereocenters. The van der Waals surface area contributed by atoms with Crippen molar-refractivity contribution in [2.75, 3.05) is 28.2 Å². The number of amides is 3. The molecular formula is C30H32F3N5O3. The van der Waals surface area contributed by atoms with Crippen molar-refractivity contribution < 1.29 is 27.5 Å². The predicted molar refractivity (Wildman–Crippen MR) is 151 cm³/mol. The van der Waals surface area contributed by atoms with E-state index in [1.165, 1.54) is 6.07 Å². The molecule has 3 heterocycles. The van der Waals surface area contributed by atoms with E-state index >= 15 is 0 Å². The van der Waals surface area contributed by atoms with Crippen molar-refractivity contribution in [1.82, 2.24) is 10.3 Å². The third kappa shape index (κ3) is 6.08. The van der Waals surface area contributed by atoms with Gasteiger partial charge < -0.3 is 20.3 Å². The number of ether oxygens (including phenoxy) is 1. The maximum atomic E-state index is 13.7. The summed E-state index contributed by atoms with van der Waals surface area (Å²) in [5.74, 6) is 0.404. The monoisotopic (exact) mass is 567 g/mol. The number of alkyl carbamates (subject to hydrolysis) is 1. The summed E-state index contributed by atoms with van der Waals surface area (Å²) < 4.78 is 45.3. The Kier molecular flexibility index (Phi) is 7.08. The van der Waals surface area contributed by atoms with Gasteiger partial charge in [0.15, 0.2) is 5.82 Å². The standard InChI is InChI=1S/C30H32F3N5O3/c1-28(2,3)41-27(40)34-17-19-8-10-22(11-9-19)35-26(39)38-25-24(37-15-14-29(38,4)18-37)13-12-23(36-25)20-6-5-7-21(16-20)30(31,32)33/h5-13,16H,14-15,17-18H2,1-4H3,(H,34,40)(H,35,39)/t29-/m0/s1. The molecule has 2 bridgehead atoms.